The van der Waals surface area contributed by atoms with Crippen LogP contribution in [-0.2, 0) is 11.2 Å². The number of benzene rings is 1. The van der Waals surface area contributed by atoms with Crippen LogP contribution in [0.2, 0.25) is 0 Å². The summed E-state index contributed by atoms with van der Waals surface area (Å²) in [6.07, 6.45) is 2.09. The van der Waals surface area contributed by atoms with E-state index in [4.69, 9.17) is 9.73 Å². The van der Waals surface area contributed by atoms with Gasteiger partial charge in [-0.15, -0.1) is 24.8 Å². The monoisotopic (exact) mass is 344 g/mol. The van der Waals surface area contributed by atoms with E-state index in [-0.39, 0.29) is 30.4 Å². The van der Waals surface area contributed by atoms with Crippen LogP contribution in [0.4, 0.5) is 0 Å². The number of morpholine rings is 1. The van der Waals surface area contributed by atoms with E-state index in [1.165, 1.54) is 16.8 Å². The van der Waals surface area contributed by atoms with Crippen LogP contribution in [0.3, 0.4) is 0 Å². The summed E-state index contributed by atoms with van der Waals surface area (Å²) in [7, 11) is 0. The highest BCUT2D eigenvalue weighted by atomic mass is 35.5. The number of rotatable bonds is 3. The second-order valence-corrected chi connectivity index (χ2v) is 6.41. The van der Waals surface area contributed by atoms with Gasteiger partial charge in [0.15, 0.2) is 0 Å². The Morgan fingerprint density at radius 2 is 1.82 bits per heavy atom. The first-order valence-electron chi connectivity index (χ1n) is 7.61. The molecule has 0 bridgehead atoms. The molecule has 0 radical (unpaired) electrons. The summed E-state index contributed by atoms with van der Waals surface area (Å²) in [5.41, 5.74) is 4.13. The van der Waals surface area contributed by atoms with Crippen LogP contribution in [0.5, 0.6) is 0 Å². The molecular formula is C17H26Cl2N2O. The van der Waals surface area contributed by atoms with Crippen molar-refractivity contribution in [3.63, 3.8) is 0 Å². The van der Waals surface area contributed by atoms with Crippen molar-refractivity contribution in [2.75, 3.05) is 32.8 Å². The van der Waals surface area contributed by atoms with E-state index >= 15 is 0 Å². The molecule has 0 N–H and O–H groups in total. The third-order valence-corrected chi connectivity index (χ3v) is 4.16. The standard InChI is InChI=1S/C17H24N2O.2ClH/c1-17(2)13-14-5-3-4-6-15(14)16(18-17)7-8-19-9-11-20-12-10-19;;/h3-6H,7-13H2,1-2H3;2*1H. The molecule has 22 heavy (non-hydrogen) atoms. The van der Waals surface area contributed by atoms with E-state index < -0.39 is 0 Å². The van der Waals surface area contributed by atoms with Gasteiger partial charge in [0.05, 0.1) is 18.8 Å². The fourth-order valence-electron chi connectivity index (χ4n) is 3.17. The van der Waals surface area contributed by atoms with Crippen LogP contribution < -0.4 is 0 Å². The van der Waals surface area contributed by atoms with Crippen LogP contribution >= 0.6 is 24.8 Å². The second kappa shape index (κ2) is 8.30. The van der Waals surface area contributed by atoms with Gasteiger partial charge in [-0.1, -0.05) is 24.3 Å². The molecule has 1 fully saturated rings. The van der Waals surface area contributed by atoms with E-state index in [2.05, 4.69) is 43.0 Å². The maximum Gasteiger partial charge on any atom is 0.0596 e. The molecular weight excluding hydrogens is 319 g/mol. The Morgan fingerprint density at radius 1 is 1.14 bits per heavy atom. The minimum absolute atomic E-state index is 0. The fraction of sp³-hybridized carbons (Fsp3) is 0.588. The molecule has 0 saturated carbocycles. The van der Waals surface area contributed by atoms with Crippen LogP contribution in [0, 0.1) is 0 Å². The molecule has 0 spiro atoms. The first kappa shape index (κ1) is 19.4. The lowest BCUT2D eigenvalue weighted by Crippen LogP contribution is -2.38. The number of halogens is 2. The van der Waals surface area contributed by atoms with E-state index in [1.54, 1.807) is 0 Å². The summed E-state index contributed by atoms with van der Waals surface area (Å²) in [6, 6.07) is 8.74. The average molecular weight is 345 g/mol. The molecule has 0 amide bonds. The zero-order valence-electron chi connectivity index (χ0n) is 13.4. The van der Waals surface area contributed by atoms with E-state index in [0.717, 1.165) is 45.7 Å². The minimum atomic E-state index is 0. The van der Waals surface area contributed by atoms with Crippen LogP contribution in [0.1, 0.15) is 31.4 Å². The molecule has 2 heterocycles. The van der Waals surface area contributed by atoms with Gasteiger partial charge >= 0.3 is 0 Å². The molecule has 2 aliphatic rings. The largest absolute Gasteiger partial charge is 0.379 e. The molecule has 1 aromatic carbocycles. The molecule has 1 aromatic rings. The van der Waals surface area contributed by atoms with Crippen LogP contribution in [-0.4, -0.2) is 49.0 Å². The number of hydrogen-bond acceptors (Lipinski definition) is 3. The first-order valence-corrected chi connectivity index (χ1v) is 7.61. The van der Waals surface area contributed by atoms with Crippen molar-refractivity contribution >= 4 is 30.5 Å². The summed E-state index contributed by atoms with van der Waals surface area (Å²) in [5.74, 6) is 0. The molecule has 0 aliphatic carbocycles. The maximum atomic E-state index is 5.41. The van der Waals surface area contributed by atoms with Gasteiger partial charge in [0, 0.05) is 31.8 Å². The highest BCUT2D eigenvalue weighted by Crippen LogP contribution is 2.27. The van der Waals surface area contributed by atoms with Gasteiger partial charge in [0.25, 0.3) is 0 Å². The van der Waals surface area contributed by atoms with Crippen molar-refractivity contribution in [3.8, 4) is 0 Å². The second-order valence-electron chi connectivity index (χ2n) is 6.41. The summed E-state index contributed by atoms with van der Waals surface area (Å²) in [4.78, 5) is 7.48. The Balaban J connectivity index is 0.00000121. The topological polar surface area (TPSA) is 24.8 Å². The summed E-state index contributed by atoms with van der Waals surface area (Å²) in [5, 5.41) is 0. The van der Waals surface area contributed by atoms with Gasteiger partial charge in [-0.25, -0.2) is 0 Å². The summed E-state index contributed by atoms with van der Waals surface area (Å²) >= 11 is 0. The van der Waals surface area contributed by atoms with Gasteiger partial charge in [-0.2, -0.15) is 0 Å². The lowest BCUT2D eigenvalue weighted by Gasteiger charge is -2.31. The van der Waals surface area contributed by atoms with Crippen molar-refractivity contribution in [2.24, 2.45) is 4.99 Å². The Morgan fingerprint density at radius 3 is 2.55 bits per heavy atom. The van der Waals surface area contributed by atoms with Crippen LogP contribution in [0.15, 0.2) is 29.3 Å². The van der Waals surface area contributed by atoms with E-state index in [1.807, 2.05) is 0 Å². The lowest BCUT2D eigenvalue weighted by atomic mass is 9.86. The normalized spacial score (nSPS) is 20.2. The molecule has 0 aromatic heterocycles. The predicted octanol–water partition coefficient (Wildman–Crippen LogP) is 3.38. The van der Waals surface area contributed by atoms with Crippen molar-refractivity contribution < 1.29 is 4.74 Å². The predicted molar refractivity (Wildman–Crippen MR) is 97.1 cm³/mol. The smallest absolute Gasteiger partial charge is 0.0596 e. The minimum Gasteiger partial charge on any atom is -0.379 e. The number of aliphatic imine (C=N–C) groups is 1. The molecule has 2 aliphatic heterocycles. The van der Waals surface area contributed by atoms with E-state index in [9.17, 15) is 0 Å². The molecule has 0 atom stereocenters. The third kappa shape index (κ3) is 4.69. The highest BCUT2D eigenvalue weighted by molar-refractivity contribution is 6.03. The van der Waals surface area contributed by atoms with Crippen molar-refractivity contribution in [3.05, 3.63) is 35.4 Å². The number of ether oxygens (including phenoxy) is 1. The van der Waals surface area contributed by atoms with Gasteiger partial charge < -0.3 is 4.74 Å². The van der Waals surface area contributed by atoms with Gasteiger partial charge in [-0.05, 0) is 31.4 Å². The van der Waals surface area contributed by atoms with Crippen molar-refractivity contribution in [1.82, 2.24) is 4.90 Å². The lowest BCUT2D eigenvalue weighted by molar-refractivity contribution is 0.0392. The molecule has 1 saturated heterocycles. The Labute approximate surface area is 146 Å². The number of nitrogens with zero attached hydrogens (tertiary/aromatic N) is 2. The molecule has 5 heteroatoms. The molecule has 0 unspecified atom stereocenters. The maximum absolute atomic E-state index is 5.41. The fourth-order valence-corrected chi connectivity index (χ4v) is 3.17. The van der Waals surface area contributed by atoms with Crippen molar-refractivity contribution in [1.29, 1.82) is 0 Å². The average Bonchev–Trinajstić information content (AvgIpc) is 2.45. The van der Waals surface area contributed by atoms with Crippen LogP contribution in [0.25, 0.3) is 0 Å². The molecule has 3 rings (SSSR count). The number of fused-ring (bicyclic) bond motifs is 1. The summed E-state index contributed by atoms with van der Waals surface area (Å²) in [6.45, 7) is 9.40. The van der Waals surface area contributed by atoms with Crippen molar-refractivity contribution in [2.45, 2.75) is 32.2 Å². The van der Waals surface area contributed by atoms with E-state index in [0.29, 0.717) is 0 Å². The van der Waals surface area contributed by atoms with Gasteiger partial charge in [0.2, 0.25) is 0 Å². The Bertz CT molecular complexity index is 511. The zero-order valence-corrected chi connectivity index (χ0v) is 15.0. The quantitative estimate of drug-likeness (QED) is 0.839. The molecule has 3 nitrogen and oxygen atoms in total. The SMILES string of the molecule is CC1(C)Cc2ccccc2C(CCN2CCOCC2)=N1.Cl.Cl. The van der Waals surface area contributed by atoms with Gasteiger partial charge in [-0.3, -0.25) is 9.89 Å². The first-order chi connectivity index (χ1) is 9.64. The highest BCUT2D eigenvalue weighted by Gasteiger charge is 2.26. The third-order valence-electron chi connectivity index (χ3n) is 4.16. The Kier molecular flexibility index (Phi) is 7.33. The Hall–Kier alpha value is -0.610. The molecule has 124 valence electrons. The zero-order chi connectivity index (χ0) is 14.0. The van der Waals surface area contributed by atoms with Gasteiger partial charge in [0.1, 0.15) is 0 Å². The number of hydrogen-bond donors (Lipinski definition) is 0. The summed E-state index contributed by atoms with van der Waals surface area (Å²) < 4.78 is 5.41.